The second-order valence-corrected chi connectivity index (χ2v) is 19.5. The van der Waals surface area contributed by atoms with E-state index >= 15 is 0 Å². The normalized spacial score (nSPS) is 12.3. The number of carbonyl (C=O) groups is 3. The Kier molecular flexibility index (Phi) is 53.8. The van der Waals surface area contributed by atoms with Crippen molar-refractivity contribution in [1.82, 2.24) is 0 Å². The number of esters is 3. The smallest absolute Gasteiger partial charge is 0.306 e. The summed E-state index contributed by atoms with van der Waals surface area (Å²) >= 11 is 0. The largest absolute Gasteiger partial charge is 0.462 e. The Morgan fingerprint density at radius 3 is 0.925 bits per heavy atom. The van der Waals surface area contributed by atoms with Gasteiger partial charge < -0.3 is 14.2 Å². The first-order valence-corrected chi connectivity index (χ1v) is 29.1. The van der Waals surface area contributed by atoms with Crippen molar-refractivity contribution in [3.8, 4) is 0 Å². The number of hydrogen-bond acceptors (Lipinski definition) is 6. The molecule has 390 valence electrons. The molecular weight excluding hydrogens is 829 g/mol. The Morgan fingerprint density at radius 1 is 0.299 bits per heavy atom. The molecule has 0 rings (SSSR count). The van der Waals surface area contributed by atoms with Gasteiger partial charge in [0.15, 0.2) is 6.10 Å². The third-order valence-electron chi connectivity index (χ3n) is 12.8. The fraction of sp³-hybridized carbons (Fsp3) is 0.820. The molecule has 0 saturated heterocycles. The van der Waals surface area contributed by atoms with Crippen LogP contribution < -0.4 is 0 Å². The maximum atomic E-state index is 12.8. The monoisotopic (exact) mass is 939 g/mol. The SMILES string of the molecule is CCCCCCCC/C=C/C/C=C/CCC(=O)OCC(COC(=O)CCCCCCCCC/C=C/CCCCCCCCCC)OC(=O)CCCCCCCCC/C=C/CCCCCCCC. The van der Waals surface area contributed by atoms with Gasteiger partial charge in [0.05, 0.1) is 0 Å². The highest BCUT2D eigenvalue weighted by Crippen LogP contribution is 2.15. The Labute approximate surface area is 416 Å². The molecule has 0 aliphatic carbocycles. The lowest BCUT2D eigenvalue weighted by atomic mass is 10.1. The van der Waals surface area contributed by atoms with Crippen LogP contribution in [-0.2, 0) is 28.6 Å². The molecule has 0 radical (unpaired) electrons. The van der Waals surface area contributed by atoms with Crippen LogP contribution in [0.5, 0.6) is 0 Å². The first kappa shape index (κ1) is 64.4. The van der Waals surface area contributed by atoms with E-state index in [9.17, 15) is 14.4 Å². The number of carbonyl (C=O) groups excluding carboxylic acids is 3. The lowest BCUT2D eigenvalue weighted by Gasteiger charge is -2.18. The van der Waals surface area contributed by atoms with Gasteiger partial charge in [0.1, 0.15) is 13.2 Å². The van der Waals surface area contributed by atoms with Crippen LogP contribution >= 0.6 is 0 Å². The van der Waals surface area contributed by atoms with Gasteiger partial charge in [-0.2, -0.15) is 0 Å². The molecule has 0 spiro atoms. The van der Waals surface area contributed by atoms with Crippen molar-refractivity contribution < 1.29 is 28.6 Å². The lowest BCUT2D eigenvalue weighted by Crippen LogP contribution is -2.30. The van der Waals surface area contributed by atoms with E-state index in [0.717, 1.165) is 51.4 Å². The highest BCUT2D eigenvalue weighted by Gasteiger charge is 2.19. The van der Waals surface area contributed by atoms with E-state index in [2.05, 4.69) is 63.3 Å². The van der Waals surface area contributed by atoms with Crippen molar-refractivity contribution in [1.29, 1.82) is 0 Å². The lowest BCUT2D eigenvalue weighted by molar-refractivity contribution is -0.166. The third-order valence-corrected chi connectivity index (χ3v) is 12.8. The van der Waals surface area contributed by atoms with Crippen molar-refractivity contribution in [3.05, 3.63) is 48.6 Å². The number of ether oxygens (including phenoxy) is 3. The molecule has 0 bridgehead atoms. The zero-order chi connectivity index (χ0) is 48.6. The van der Waals surface area contributed by atoms with E-state index in [1.165, 1.54) is 205 Å². The quantitative estimate of drug-likeness (QED) is 0.0262. The first-order valence-electron chi connectivity index (χ1n) is 29.1. The predicted molar refractivity (Wildman–Crippen MR) is 289 cm³/mol. The van der Waals surface area contributed by atoms with E-state index in [1.54, 1.807) is 0 Å². The summed E-state index contributed by atoms with van der Waals surface area (Å²) in [4.78, 5) is 38.1. The second-order valence-electron chi connectivity index (χ2n) is 19.5. The molecule has 0 N–H and O–H groups in total. The summed E-state index contributed by atoms with van der Waals surface area (Å²) < 4.78 is 16.8. The average molecular weight is 940 g/mol. The topological polar surface area (TPSA) is 78.9 Å². The summed E-state index contributed by atoms with van der Waals surface area (Å²) in [7, 11) is 0. The van der Waals surface area contributed by atoms with Gasteiger partial charge >= 0.3 is 17.9 Å². The van der Waals surface area contributed by atoms with Gasteiger partial charge in [-0.3, -0.25) is 14.4 Å². The minimum Gasteiger partial charge on any atom is -0.462 e. The van der Waals surface area contributed by atoms with Crippen LogP contribution in [0.4, 0.5) is 0 Å². The van der Waals surface area contributed by atoms with Crippen LogP contribution in [0.3, 0.4) is 0 Å². The molecule has 0 aromatic heterocycles. The second kappa shape index (κ2) is 56.0. The van der Waals surface area contributed by atoms with Crippen molar-refractivity contribution in [2.45, 2.75) is 309 Å². The van der Waals surface area contributed by atoms with Crippen molar-refractivity contribution >= 4 is 17.9 Å². The maximum Gasteiger partial charge on any atom is 0.306 e. The minimum absolute atomic E-state index is 0.0926. The Morgan fingerprint density at radius 2 is 0.567 bits per heavy atom. The van der Waals surface area contributed by atoms with Gasteiger partial charge in [-0.15, -0.1) is 0 Å². The minimum atomic E-state index is -0.799. The van der Waals surface area contributed by atoms with Gasteiger partial charge in [-0.1, -0.05) is 243 Å². The van der Waals surface area contributed by atoms with Gasteiger partial charge in [-0.05, 0) is 89.9 Å². The summed E-state index contributed by atoms with van der Waals surface area (Å²) in [6, 6.07) is 0. The molecule has 0 aliphatic heterocycles. The fourth-order valence-corrected chi connectivity index (χ4v) is 8.37. The van der Waals surface area contributed by atoms with Gasteiger partial charge in [0, 0.05) is 19.3 Å². The van der Waals surface area contributed by atoms with Crippen LogP contribution in [0.2, 0.25) is 0 Å². The molecule has 1 atom stereocenters. The molecule has 1 unspecified atom stereocenters. The first-order chi connectivity index (χ1) is 33.0. The van der Waals surface area contributed by atoms with E-state index in [-0.39, 0.29) is 37.5 Å². The predicted octanol–water partition coefficient (Wildman–Crippen LogP) is 19.4. The van der Waals surface area contributed by atoms with Crippen LogP contribution in [0.1, 0.15) is 303 Å². The van der Waals surface area contributed by atoms with Crippen LogP contribution in [-0.4, -0.2) is 37.2 Å². The number of rotatable bonds is 53. The zero-order valence-corrected chi connectivity index (χ0v) is 44.7. The molecule has 0 aromatic carbocycles. The summed E-state index contributed by atoms with van der Waals surface area (Å²) in [5.41, 5.74) is 0. The summed E-state index contributed by atoms with van der Waals surface area (Å²) in [6.07, 6.45) is 68.3. The summed E-state index contributed by atoms with van der Waals surface area (Å²) in [5, 5.41) is 0. The highest BCUT2D eigenvalue weighted by atomic mass is 16.6. The van der Waals surface area contributed by atoms with Crippen LogP contribution in [0, 0.1) is 0 Å². The van der Waals surface area contributed by atoms with Gasteiger partial charge in [-0.25, -0.2) is 0 Å². The van der Waals surface area contributed by atoms with Crippen molar-refractivity contribution in [2.75, 3.05) is 13.2 Å². The molecule has 0 fully saturated rings. The molecule has 0 heterocycles. The molecule has 0 aromatic rings. The molecule has 6 nitrogen and oxygen atoms in total. The Balaban J connectivity index is 4.39. The average Bonchev–Trinajstić information content (AvgIpc) is 3.33. The molecule has 67 heavy (non-hydrogen) atoms. The molecule has 0 amide bonds. The zero-order valence-electron chi connectivity index (χ0n) is 44.7. The van der Waals surface area contributed by atoms with E-state index < -0.39 is 6.10 Å². The van der Waals surface area contributed by atoms with Gasteiger partial charge in [0.2, 0.25) is 0 Å². The number of unbranched alkanes of at least 4 members (excludes halogenated alkanes) is 34. The number of hydrogen-bond donors (Lipinski definition) is 0. The fourth-order valence-electron chi connectivity index (χ4n) is 8.37. The van der Waals surface area contributed by atoms with Crippen molar-refractivity contribution in [3.63, 3.8) is 0 Å². The van der Waals surface area contributed by atoms with Crippen molar-refractivity contribution in [2.24, 2.45) is 0 Å². The molecule has 0 aliphatic rings. The Hall–Kier alpha value is -2.63. The third kappa shape index (κ3) is 54.2. The number of allylic oxidation sites excluding steroid dienone is 8. The molecule has 6 heteroatoms. The van der Waals surface area contributed by atoms with E-state index in [0.29, 0.717) is 19.3 Å². The summed E-state index contributed by atoms with van der Waals surface area (Å²) in [6.45, 7) is 6.60. The van der Waals surface area contributed by atoms with E-state index in [4.69, 9.17) is 14.2 Å². The highest BCUT2D eigenvalue weighted by molar-refractivity contribution is 5.71. The molecule has 0 saturated carbocycles. The van der Waals surface area contributed by atoms with Crippen LogP contribution in [0.15, 0.2) is 48.6 Å². The summed E-state index contributed by atoms with van der Waals surface area (Å²) in [5.74, 6) is -0.959. The van der Waals surface area contributed by atoms with E-state index in [1.807, 2.05) is 6.08 Å². The van der Waals surface area contributed by atoms with Gasteiger partial charge in [0.25, 0.3) is 0 Å². The van der Waals surface area contributed by atoms with Crippen LogP contribution in [0.25, 0.3) is 0 Å². The standard InChI is InChI=1S/C61H110O6/c1-4-7-10-13-16-19-22-25-27-29-30-32-33-36-39-42-45-48-51-54-60(63)66-57-58(56-65-59(62)53-50-47-44-41-38-35-24-21-18-15-12-9-6-3)67-61(64)55-52-49-46-43-40-37-34-31-28-26-23-20-17-14-11-8-5-2/h26,28-30,35,38,44,47,58H,4-25,27,31-34,36-37,39-43,45-46,48-57H2,1-3H3/b28-26+,30-29+,38-35+,47-44+. The molecular formula is C61H110O6. The maximum absolute atomic E-state index is 12.8. The Bertz CT molecular complexity index is 1170.